The molecule has 1 aromatic carbocycles. The highest BCUT2D eigenvalue weighted by atomic mass is 35.5. The number of hydrogen-bond acceptors (Lipinski definition) is 2. The minimum Gasteiger partial charge on any atom is -0.396 e. The van der Waals surface area contributed by atoms with Crippen molar-refractivity contribution in [3.8, 4) is 0 Å². The van der Waals surface area contributed by atoms with Gasteiger partial charge in [0.1, 0.15) is 0 Å². The van der Waals surface area contributed by atoms with Crippen molar-refractivity contribution in [3.63, 3.8) is 0 Å². The largest absolute Gasteiger partial charge is 0.396 e. The Morgan fingerprint density at radius 3 is 2.40 bits per heavy atom. The smallest absolute Gasteiger partial charge is 0.0693 e. The van der Waals surface area contributed by atoms with Gasteiger partial charge in [0.05, 0.1) is 15.7 Å². The third kappa shape index (κ3) is 3.90. The van der Waals surface area contributed by atoms with Crippen molar-refractivity contribution in [2.75, 3.05) is 12.3 Å². The molecule has 0 saturated carbocycles. The van der Waals surface area contributed by atoms with Crippen LogP contribution >= 0.6 is 23.2 Å². The SMILES string of the molecule is CCCCNCc1cc(Cl)c(N)c(Cl)c1. The fourth-order valence-corrected chi connectivity index (χ4v) is 1.81. The van der Waals surface area contributed by atoms with Crippen molar-refractivity contribution in [2.24, 2.45) is 0 Å². The molecule has 0 spiro atoms. The van der Waals surface area contributed by atoms with Gasteiger partial charge in [0, 0.05) is 6.54 Å². The molecule has 1 rings (SSSR count). The Hall–Kier alpha value is -0.440. The van der Waals surface area contributed by atoms with E-state index in [0.29, 0.717) is 15.7 Å². The van der Waals surface area contributed by atoms with Gasteiger partial charge in [-0.15, -0.1) is 0 Å². The molecule has 0 aliphatic rings. The number of benzene rings is 1. The second-order valence-corrected chi connectivity index (χ2v) is 4.32. The van der Waals surface area contributed by atoms with Gasteiger partial charge < -0.3 is 11.1 Å². The molecule has 0 unspecified atom stereocenters. The van der Waals surface area contributed by atoms with E-state index in [2.05, 4.69) is 12.2 Å². The summed E-state index contributed by atoms with van der Waals surface area (Å²) < 4.78 is 0. The Kier molecular flexibility index (Phi) is 5.23. The molecular weight excluding hydrogens is 231 g/mol. The molecule has 0 aliphatic carbocycles. The van der Waals surface area contributed by atoms with Crippen molar-refractivity contribution in [2.45, 2.75) is 26.3 Å². The van der Waals surface area contributed by atoms with Crippen LogP contribution in [0, 0.1) is 0 Å². The first-order valence-electron chi connectivity index (χ1n) is 5.09. The maximum Gasteiger partial charge on any atom is 0.0693 e. The van der Waals surface area contributed by atoms with Gasteiger partial charge in [-0.3, -0.25) is 0 Å². The van der Waals surface area contributed by atoms with E-state index < -0.39 is 0 Å². The summed E-state index contributed by atoms with van der Waals surface area (Å²) in [7, 11) is 0. The quantitative estimate of drug-likeness (QED) is 0.617. The molecule has 15 heavy (non-hydrogen) atoms. The lowest BCUT2D eigenvalue weighted by Gasteiger charge is -2.07. The Bertz CT molecular complexity index is 303. The zero-order valence-electron chi connectivity index (χ0n) is 8.82. The van der Waals surface area contributed by atoms with Crippen LogP contribution in [0.5, 0.6) is 0 Å². The summed E-state index contributed by atoms with van der Waals surface area (Å²) in [4.78, 5) is 0. The first kappa shape index (κ1) is 12.6. The highest BCUT2D eigenvalue weighted by Gasteiger charge is 2.04. The minimum atomic E-state index is 0.454. The topological polar surface area (TPSA) is 38.0 Å². The number of nitrogens with one attached hydrogen (secondary N) is 1. The minimum absolute atomic E-state index is 0.454. The number of unbranched alkanes of at least 4 members (excludes halogenated alkanes) is 1. The van der Waals surface area contributed by atoms with Crippen LogP contribution < -0.4 is 11.1 Å². The van der Waals surface area contributed by atoms with E-state index in [-0.39, 0.29) is 0 Å². The molecule has 0 aliphatic heterocycles. The van der Waals surface area contributed by atoms with Gasteiger partial charge in [0.15, 0.2) is 0 Å². The van der Waals surface area contributed by atoms with Gasteiger partial charge in [0.25, 0.3) is 0 Å². The van der Waals surface area contributed by atoms with Crippen molar-refractivity contribution >= 4 is 28.9 Å². The van der Waals surface area contributed by atoms with Crippen molar-refractivity contribution < 1.29 is 0 Å². The predicted octanol–water partition coefficient (Wildman–Crippen LogP) is 3.47. The number of hydrogen-bond donors (Lipinski definition) is 2. The molecule has 0 saturated heterocycles. The van der Waals surface area contributed by atoms with Crippen LogP contribution in [-0.4, -0.2) is 6.54 Å². The summed E-state index contributed by atoms with van der Waals surface area (Å²) in [5.74, 6) is 0. The number of anilines is 1. The fourth-order valence-electron chi connectivity index (χ4n) is 1.27. The molecule has 0 radical (unpaired) electrons. The maximum atomic E-state index is 5.92. The third-order valence-corrected chi connectivity index (χ3v) is 2.80. The average Bonchev–Trinajstić information content (AvgIpc) is 2.21. The molecule has 1 aromatic rings. The molecule has 0 atom stereocenters. The van der Waals surface area contributed by atoms with Gasteiger partial charge in [-0.1, -0.05) is 36.5 Å². The lowest BCUT2D eigenvalue weighted by atomic mass is 10.2. The second-order valence-electron chi connectivity index (χ2n) is 3.50. The van der Waals surface area contributed by atoms with E-state index in [1.54, 1.807) is 0 Å². The van der Waals surface area contributed by atoms with E-state index in [0.717, 1.165) is 18.7 Å². The van der Waals surface area contributed by atoms with Crippen LogP contribution in [-0.2, 0) is 6.54 Å². The summed E-state index contributed by atoms with van der Waals surface area (Å²) in [5, 5.41) is 4.36. The van der Waals surface area contributed by atoms with Crippen LogP contribution in [0.4, 0.5) is 5.69 Å². The molecule has 0 aromatic heterocycles. The summed E-state index contributed by atoms with van der Waals surface area (Å²) >= 11 is 11.8. The second kappa shape index (κ2) is 6.21. The van der Waals surface area contributed by atoms with Crippen molar-refractivity contribution in [3.05, 3.63) is 27.7 Å². The molecule has 2 nitrogen and oxygen atoms in total. The van der Waals surface area contributed by atoms with Crippen molar-refractivity contribution in [1.29, 1.82) is 0 Å². The first-order chi connectivity index (χ1) is 7.15. The Labute approximate surface area is 101 Å². The molecule has 0 heterocycles. The normalized spacial score (nSPS) is 10.6. The summed E-state index contributed by atoms with van der Waals surface area (Å²) in [6.07, 6.45) is 2.37. The number of nitrogens with two attached hydrogens (primary N) is 1. The number of rotatable bonds is 5. The van der Waals surface area contributed by atoms with E-state index >= 15 is 0 Å². The molecule has 3 N–H and O–H groups in total. The lowest BCUT2D eigenvalue weighted by Crippen LogP contribution is -2.14. The van der Waals surface area contributed by atoms with E-state index in [4.69, 9.17) is 28.9 Å². The molecule has 0 amide bonds. The van der Waals surface area contributed by atoms with Crippen LogP contribution in [0.1, 0.15) is 25.3 Å². The van der Waals surface area contributed by atoms with E-state index in [9.17, 15) is 0 Å². The van der Waals surface area contributed by atoms with Crippen LogP contribution in [0.15, 0.2) is 12.1 Å². The number of halogens is 2. The van der Waals surface area contributed by atoms with Crippen LogP contribution in [0.3, 0.4) is 0 Å². The van der Waals surface area contributed by atoms with Crippen LogP contribution in [0.2, 0.25) is 10.0 Å². The third-order valence-electron chi connectivity index (χ3n) is 2.18. The van der Waals surface area contributed by atoms with Crippen molar-refractivity contribution in [1.82, 2.24) is 5.32 Å². The van der Waals surface area contributed by atoms with Gasteiger partial charge >= 0.3 is 0 Å². The highest BCUT2D eigenvalue weighted by Crippen LogP contribution is 2.28. The van der Waals surface area contributed by atoms with E-state index in [1.165, 1.54) is 12.8 Å². The Balaban J connectivity index is 2.55. The first-order valence-corrected chi connectivity index (χ1v) is 5.85. The molecular formula is C11H16Cl2N2. The molecule has 4 heteroatoms. The molecule has 0 fully saturated rings. The summed E-state index contributed by atoms with van der Waals surface area (Å²) in [6.45, 7) is 3.95. The van der Waals surface area contributed by atoms with E-state index in [1.807, 2.05) is 12.1 Å². The van der Waals surface area contributed by atoms with Crippen LogP contribution in [0.25, 0.3) is 0 Å². The summed E-state index contributed by atoms with van der Waals surface area (Å²) in [6, 6.07) is 3.70. The predicted molar refractivity (Wildman–Crippen MR) is 67.5 cm³/mol. The Morgan fingerprint density at radius 2 is 1.87 bits per heavy atom. The Morgan fingerprint density at radius 1 is 1.27 bits per heavy atom. The molecule has 84 valence electrons. The standard InChI is InChI=1S/C11H16Cl2N2/c1-2-3-4-15-7-8-5-9(12)11(14)10(13)6-8/h5-6,15H,2-4,7,14H2,1H3. The van der Waals surface area contributed by atoms with Gasteiger partial charge in [-0.2, -0.15) is 0 Å². The lowest BCUT2D eigenvalue weighted by molar-refractivity contribution is 0.641. The van der Waals surface area contributed by atoms with Gasteiger partial charge in [0.2, 0.25) is 0 Å². The zero-order chi connectivity index (χ0) is 11.3. The summed E-state index contributed by atoms with van der Waals surface area (Å²) in [5.41, 5.74) is 7.16. The highest BCUT2D eigenvalue weighted by molar-refractivity contribution is 6.38. The fraction of sp³-hybridized carbons (Fsp3) is 0.455. The maximum absolute atomic E-state index is 5.92. The molecule has 0 bridgehead atoms. The zero-order valence-corrected chi connectivity index (χ0v) is 10.3. The van der Waals surface area contributed by atoms with Gasteiger partial charge in [-0.05, 0) is 30.7 Å². The monoisotopic (exact) mass is 246 g/mol. The average molecular weight is 247 g/mol. The van der Waals surface area contributed by atoms with Gasteiger partial charge in [-0.25, -0.2) is 0 Å². The number of nitrogen functional groups attached to an aromatic ring is 1.